The molecule has 0 aliphatic rings. The molecule has 0 spiro atoms. The minimum absolute atomic E-state index is 0.0227. The Morgan fingerprint density at radius 3 is 2.61 bits per heavy atom. The highest BCUT2D eigenvalue weighted by Crippen LogP contribution is 2.16. The summed E-state index contributed by atoms with van der Waals surface area (Å²) in [5.74, 6) is -1.23. The number of nitriles is 1. The van der Waals surface area contributed by atoms with Crippen LogP contribution in [-0.4, -0.2) is 30.2 Å². The van der Waals surface area contributed by atoms with Gasteiger partial charge in [-0.25, -0.2) is 4.39 Å². The van der Waals surface area contributed by atoms with E-state index in [2.05, 4.69) is 10.6 Å². The molecule has 7 nitrogen and oxygen atoms in total. The lowest BCUT2D eigenvalue weighted by Crippen LogP contribution is -2.28. The second-order valence-corrected chi connectivity index (χ2v) is 6.74. The van der Waals surface area contributed by atoms with Gasteiger partial charge in [0.1, 0.15) is 11.9 Å². The van der Waals surface area contributed by atoms with Crippen LogP contribution in [0.1, 0.15) is 29.8 Å². The zero-order chi connectivity index (χ0) is 21.1. The lowest BCUT2D eigenvalue weighted by atomic mass is 10.2. The first-order valence-electron chi connectivity index (χ1n) is 8.42. The molecule has 9 heteroatoms. The number of hydrogen-bond acceptors (Lipinski definition) is 6. The van der Waals surface area contributed by atoms with Gasteiger partial charge in [-0.1, -0.05) is 17.6 Å². The number of carbonyl (C=O) groups is 1. The van der Waals surface area contributed by atoms with Crippen LogP contribution >= 0.6 is 8.03 Å². The van der Waals surface area contributed by atoms with Crippen molar-refractivity contribution in [1.29, 1.82) is 5.26 Å². The zero-order valence-corrected chi connectivity index (χ0v) is 16.4. The van der Waals surface area contributed by atoms with Crippen LogP contribution in [0.3, 0.4) is 0 Å². The molecule has 28 heavy (non-hydrogen) atoms. The summed E-state index contributed by atoms with van der Waals surface area (Å²) in [5.41, 5.74) is 0.202. The van der Waals surface area contributed by atoms with E-state index in [-0.39, 0.29) is 34.8 Å². The Hall–Kier alpha value is -2.69. The van der Waals surface area contributed by atoms with Gasteiger partial charge in [0.05, 0.1) is 12.2 Å². The fourth-order valence-corrected chi connectivity index (χ4v) is 2.52. The van der Waals surface area contributed by atoms with Crippen molar-refractivity contribution in [2.45, 2.75) is 19.9 Å². The third kappa shape index (κ3) is 7.51. The van der Waals surface area contributed by atoms with Gasteiger partial charge in [0, 0.05) is 23.4 Å². The molecule has 2 aromatic carbocycles. The number of halogens is 1. The molecule has 3 N–H and O–H groups in total. The van der Waals surface area contributed by atoms with E-state index in [9.17, 15) is 18.6 Å². The summed E-state index contributed by atoms with van der Waals surface area (Å²) in [6.45, 7) is 5.13. The second-order valence-electron chi connectivity index (χ2n) is 5.71. The van der Waals surface area contributed by atoms with Crippen LogP contribution < -0.4 is 20.8 Å². The molecule has 1 amide bonds. The lowest BCUT2D eigenvalue weighted by molar-refractivity contribution is -0.160. The van der Waals surface area contributed by atoms with Crippen molar-refractivity contribution >= 4 is 24.9 Å². The van der Waals surface area contributed by atoms with Crippen molar-refractivity contribution in [2.75, 3.05) is 18.5 Å². The molecule has 0 bridgehead atoms. The van der Waals surface area contributed by atoms with Crippen molar-refractivity contribution in [1.82, 2.24) is 5.32 Å². The molecule has 0 saturated carbocycles. The van der Waals surface area contributed by atoms with Crippen molar-refractivity contribution < 1.29 is 23.7 Å². The van der Waals surface area contributed by atoms with Crippen LogP contribution in [-0.2, 0) is 4.57 Å². The first-order chi connectivity index (χ1) is 13.3. The first-order valence-corrected chi connectivity index (χ1v) is 9.59. The van der Waals surface area contributed by atoms with Gasteiger partial charge >= 0.3 is 8.03 Å². The average Bonchev–Trinajstić information content (AvgIpc) is 2.70. The monoisotopic (exact) mass is 405 g/mol. The van der Waals surface area contributed by atoms with Crippen LogP contribution in [0.5, 0.6) is 0 Å². The summed E-state index contributed by atoms with van der Waals surface area (Å²) < 4.78 is 24.1. The van der Waals surface area contributed by atoms with Crippen LogP contribution in [0, 0.1) is 17.1 Å². The summed E-state index contributed by atoms with van der Waals surface area (Å²) in [6.07, 6.45) is 0. The number of likely N-dealkylation sites (N-methyl/N-ethyl adjacent to an activating group) is 1. The van der Waals surface area contributed by atoms with Gasteiger partial charge in [-0.15, -0.1) is 0 Å². The predicted molar refractivity (Wildman–Crippen MR) is 103 cm³/mol. The largest absolute Gasteiger partial charge is 0.591 e. The minimum Gasteiger partial charge on any atom is -0.591 e. The van der Waals surface area contributed by atoms with Gasteiger partial charge < -0.3 is 20.6 Å². The van der Waals surface area contributed by atoms with Gasteiger partial charge in [0.25, 0.3) is 5.91 Å². The normalized spacial score (nSPS) is 11.5. The van der Waals surface area contributed by atoms with E-state index in [1.807, 2.05) is 13.8 Å². The topological polar surface area (TPSA) is 125 Å². The molecule has 2 unspecified atom stereocenters. The Labute approximate surface area is 163 Å². The van der Waals surface area contributed by atoms with Gasteiger partial charge in [-0.2, -0.15) is 5.26 Å². The number of nitrogens with one attached hydrogen (secondary N) is 2. The number of carbonyl (C=O) groups excluding carboxylic acids is 1. The van der Waals surface area contributed by atoms with Gasteiger partial charge in [-0.05, 0) is 43.8 Å². The highest BCUT2D eigenvalue weighted by atomic mass is 31.1. The molecule has 0 radical (unpaired) electrons. The molecule has 0 aliphatic carbocycles. The fraction of sp³-hybridized carbons (Fsp3) is 0.263. The summed E-state index contributed by atoms with van der Waals surface area (Å²) >= 11 is 0. The Bertz CT molecular complexity index is 870. The van der Waals surface area contributed by atoms with E-state index in [1.54, 1.807) is 6.07 Å². The van der Waals surface area contributed by atoms with Gasteiger partial charge in [-0.3, -0.25) is 4.79 Å². The molecule has 0 aliphatic heterocycles. The molecule has 148 valence electrons. The third-order valence-corrected chi connectivity index (χ3v) is 4.19. The van der Waals surface area contributed by atoms with Crippen molar-refractivity contribution in [3.8, 4) is 6.07 Å². The number of anilines is 1. The molecule has 0 fully saturated rings. The standard InChI is InChI=1S/C14H8FN2O3P.C5H13NO/c15-13-5-4-11(6-10(13)8-16)17-14(18)9-2-1-3-12(7-9)21(19)20;1-3-6-5(2)4-7/h1-7H,(H,17,18);5-7H,3-4H2,1-2H3. The van der Waals surface area contributed by atoms with Gasteiger partial charge in [0.2, 0.25) is 0 Å². The van der Waals surface area contributed by atoms with E-state index < -0.39 is 19.8 Å². The number of nitrogens with zero attached hydrogens (tertiary/aromatic N) is 1. The third-order valence-electron chi connectivity index (χ3n) is 3.49. The number of hydrogen-bond donors (Lipinski definition) is 3. The van der Waals surface area contributed by atoms with E-state index in [4.69, 9.17) is 10.4 Å². The Kier molecular flexibility index (Phi) is 9.93. The molecular formula is C19H21FN3O4P. The van der Waals surface area contributed by atoms with Crippen LogP contribution in [0.4, 0.5) is 10.1 Å². The van der Waals surface area contributed by atoms with Crippen molar-refractivity contribution in [3.63, 3.8) is 0 Å². The highest BCUT2D eigenvalue weighted by molar-refractivity contribution is 7.45. The SMILES string of the molecule is CCNC(C)CO.N#Cc1cc(NC(=O)c2cccc([P+](=O)[O-])c2)ccc1F. The molecule has 0 saturated heterocycles. The summed E-state index contributed by atoms with van der Waals surface area (Å²) in [5, 5.41) is 22.7. The molecule has 0 heterocycles. The molecule has 0 aromatic heterocycles. The van der Waals surface area contributed by atoms with Gasteiger partial charge in [0.15, 0.2) is 5.30 Å². The lowest BCUT2D eigenvalue weighted by Gasteiger charge is -2.06. The Morgan fingerprint density at radius 1 is 1.36 bits per heavy atom. The number of aliphatic hydroxyl groups is 1. The first kappa shape index (κ1) is 23.3. The predicted octanol–water partition coefficient (Wildman–Crippen LogP) is 1.65. The maximum atomic E-state index is 13.2. The van der Waals surface area contributed by atoms with Crippen LogP contribution in [0.2, 0.25) is 0 Å². The van der Waals surface area contributed by atoms with Crippen LogP contribution in [0.15, 0.2) is 42.5 Å². The minimum atomic E-state index is -2.78. The summed E-state index contributed by atoms with van der Waals surface area (Å²) in [4.78, 5) is 22.9. The Balaban J connectivity index is 0.000000480. The van der Waals surface area contributed by atoms with E-state index in [1.165, 1.54) is 36.4 Å². The summed E-state index contributed by atoms with van der Waals surface area (Å²) in [7, 11) is -2.78. The van der Waals surface area contributed by atoms with Crippen LogP contribution in [0.25, 0.3) is 0 Å². The van der Waals surface area contributed by atoms with Crippen molar-refractivity contribution in [2.24, 2.45) is 0 Å². The smallest absolute Gasteiger partial charge is 0.348 e. The number of aliphatic hydroxyl groups excluding tert-OH is 1. The van der Waals surface area contributed by atoms with E-state index in [0.717, 1.165) is 12.6 Å². The maximum Gasteiger partial charge on any atom is 0.348 e. The molecular weight excluding hydrogens is 384 g/mol. The quantitative estimate of drug-likeness (QED) is 0.628. The molecule has 2 aromatic rings. The maximum absolute atomic E-state index is 13.2. The summed E-state index contributed by atoms with van der Waals surface area (Å²) in [6, 6.07) is 11.0. The fourth-order valence-electron chi connectivity index (χ4n) is 2.07. The number of amides is 1. The molecule has 2 rings (SSSR count). The molecule has 2 atom stereocenters. The van der Waals surface area contributed by atoms with Crippen molar-refractivity contribution in [3.05, 3.63) is 59.4 Å². The highest BCUT2D eigenvalue weighted by Gasteiger charge is 2.13. The van der Waals surface area contributed by atoms with E-state index in [0.29, 0.717) is 0 Å². The average molecular weight is 405 g/mol. The number of rotatable bonds is 6. The number of benzene rings is 2. The zero-order valence-electron chi connectivity index (χ0n) is 15.5. The second kappa shape index (κ2) is 11.9. The Morgan fingerprint density at radius 2 is 2.07 bits per heavy atom. The van der Waals surface area contributed by atoms with E-state index >= 15 is 0 Å².